The highest BCUT2D eigenvalue weighted by atomic mass is 19.4. The molecule has 0 N–H and O–H groups in total. The van der Waals surface area contributed by atoms with Gasteiger partial charge < -0.3 is 4.74 Å². The average molecular weight is 277 g/mol. The van der Waals surface area contributed by atoms with E-state index in [-0.39, 0.29) is 5.75 Å². The molecule has 2 nitrogen and oxygen atoms in total. The van der Waals surface area contributed by atoms with Crippen LogP contribution in [0.25, 0.3) is 11.1 Å². The van der Waals surface area contributed by atoms with Gasteiger partial charge in [-0.1, -0.05) is 24.3 Å². The molecule has 0 radical (unpaired) electrons. The monoisotopic (exact) mass is 277 g/mol. The van der Waals surface area contributed by atoms with Gasteiger partial charge in [0.25, 0.3) is 0 Å². The van der Waals surface area contributed by atoms with E-state index >= 15 is 0 Å². The van der Waals surface area contributed by atoms with Gasteiger partial charge in [-0.3, -0.25) is 0 Å². The number of ether oxygens (including phenoxy) is 1. The van der Waals surface area contributed by atoms with Gasteiger partial charge in [0.2, 0.25) is 0 Å². The van der Waals surface area contributed by atoms with Gasteiger partial charge in [-0.25, -0.2) is 0 Å². The van der Waals surface area contributed by atoms with Crippen molar-refractivity contribution in [3.8, 4) is 22.9 Å². The Bertz CT molecular complexity index is 672. The minimum atomic E-state index is -4.71. The maximum Gasteiger partial charge on any atom is 0.573 e. The van der Waals surface area contributed by atoms with Crippen molar-refractivity contribution in [2.24, 2.45) is 0 Å². The van der Waals surface area contributed by atoms with Crippen LogP contribution >= 0.6 is 0 Å². The van der Waals surface area contributed by atoms with Crippen molar-refractivity contribution in [3.63, 3.8) is 0 Å². The Morgan fingerprint density at radius 2 is 1.75 bits per heavy atom. The maximum absolute atomic E-state index is 12.2. The number of benzene rings is 2. The fourth-order valence-electron chi connectivity index (χ4n) is 1.84. The lowest BCUT2D eigenvalue weighted by atomic mass is 10.0. The number of aryl methyl sites for hydroxylation is 1. The number of nitriles is 1. The highest BCUT2D eigenvalue weighted by molar-refractivity contribution is 5.67. The normalized spacial score (nSPS) is 10.9. The molecular formula is C15H10F3NO. The molecule has 2 rings (SSSR count). The molecule has 2 aromatic rings. The summed E-state index contributed by atoms with van der Waals surface area (Å²) in [5.74, 6) is -0.267. The van der Waals surface area contributed by atoms with E-state index in [1.165, 1.54) is 18.2 Å². The molecule has 0 saturated heterocycles. The summed E-state index contributed by atoms with van der Waals surface area (Å²) in [6, 6.07) is 12.9. The van der Waals surface area contributed by atoms with E-state index < -0.39 is 6.36 Å². The summed E-state index contributed by atoms with van der Waals surface area (Å²) >= 11 is 0. The van der Waals surface area contributed by atoms with Crippen molar-refractivity contribution in [1.29, 1.82) is 5.26 Å². The van der Waals surface area contributed by atoms with Gasteiger partial charge in [0.1, 0.15) is 5.75 Å². The fraction of sp³-hybridized carbons (Fsp3) is 0.133. The first-order valence-electron chi connectivity index (χ1n) is 5.76. The molecule has 0 fully saturated rings. The first-order chi connectivity index (χ1) is 9.39. The third kappa shape index (κ3) is 3.29. The molecule has 0 atom stereocenters. The second-order valence-corrected chi connectivity index (χ2v) is 4.22. The van der Waals surface area contributed by atoms with Crippen LogP contribution in [0.3, 0.4) is 0 Å². The van der Waals surface area contributed by atoms with Crippen LogP contribution in [0.4, 0.5) is 13.2 Å². The van der Waals surface area contributed by atoms with Crippen LogP contribution in [0.2, 0.25) is 0 Å². The minimum absolute atomic E-state index is 0.267. The summed E-state index contributed by atoms with van der Waals surface area (Å²) in [6.07, 6.45) is -4.71. The van der Waals surface area contributed by atoms with Crippen molar-refractivity contribution < 1.29 is 17.9 Å². The lowest BCUT2D eigenvalue weighted by Gasteiger charge is -2.10. The molecule has 0 spiro atoms. The second kappa shape index (κ2) is 5.25. The first kappa shape index (κ1) is 13.9. The summed E-state index contributed by atoms with van der Waals surface area (Å²) in [5, 5.41) is 8.86. The SMILES string of the molecule is Cc1cc(-c2cccc(OC(F)(F)F)c2)ccc1C#N. The Balaban J connectivity index is 2.36. The molecule has 20 heavy (non-hydrogen) atoms. The van der Waals surface area contributed by atoms with E-state index in [4.69, 9.17) is 5.26 Å². The zero-order chi connectivity index (χ0) is 14.8. The molecule has 0 saturated carbocycles. The molecule has 0 unspecified atom stereocenters. The molecule has 0 aromatic heterocycles. The van der Waals surface area contributed by atoms with Crippen LogP contribution in [0.15, 0.2) is 42.5 Å². The Kier molecular flexibility index (Phi) is 3.66. The topological polar surface area (TPSA) is 33.0 Å². The smallest absolute Gasteiger partial charge is 0.406 e. The maximum atomic E-state index is 12.2. The summed E-state index contributed by atoms with van der Waals surface area (Å²) in [4.78, 5) is 0. The number of hydrogen-bond donors (Lipinski definition) is 0. The summed E-state index contributed by atoms with van der Waals surface area (Å²) in [6.45, 7) is 1.78. The van der Waals surface area contributed by atoms with E-state index in [2.05, 4.69) is 4.74 Å². The van der Waals surface area contributed by atoms with Crippen molar-refractivity contribution >= 4 is 0 Å². The lowest BCUT2D eigenvalue weighted by molar-refractivity contribution is -0.274. The average Bonchev–Trinajstić information content (AvgIpc) is 2.37. The predicted octanol–water partition coefficient (Wildman–Crippen LogP) is 4.43. The van der Waals surface area contributed by atoms with Gasteiger partial charge in [-0.15, -0.1) is 13.2 Å². The van der Waals surface area contributed by atoms with Gasteiger partial charge in [0.05, 0.1) is 11.6 Å². The zero-order valence-electron chi connectivity index (χ0n) is 10.5. The van der Waals surface area contributed by atoms with Crippen LogP contribution in [0, 0.1) is 18.3 Å². The second-order valence-electron chi connectivity index (χ2n) is 4.22. The molecule has 0 heterocycles. The largest absolute Gasteiger partial charge is 0.573 e. The zero-order valence-corrected chi connectivity index (χ0v) is 10.5. The van der Waals surface area contributed by atoms with Gasteiger partial charge in [-0.05, 0) is 41.8 Å². The first-order valence-corrected chi connectivity index (χ1v) is 5.76. The van der Waals surface area contributed by atoms with Crippen molar-refractivity contribution in [2.75, 3.05) is 0 Å². The van der Waals surface area contributed by atoms with Crippen LogP contribution in [0.5, 0.6) is 5.75 Å². The van der Waals surface area contributed by atoms with E-state index in [1.54, 1.807) is 31.2 Å². The quantitative estimate of drug-likeness (QED) is 0.813. The molecule has 0 bridgehead atoms. The molecular weight excluding hydrogens is 267 g/mol. The molecule has 0 aliphatic rings. The van der Waals surface area contributed by atoms with Crippen molar-refractivity contribution in [1.82, 2.24) is 0 Å². The van der Waals surface area contributed by atoms with Crippen molar-refractivity contribution in [2.45, 2.75) is 13.3 Å². The molecule has 0 aliphatic heterocycles. The Hall–Kier alpha value is -2.48. The van der Waals surface area contributed by atoms with Crippen molar-refractivity contribution in [3.05, 3.63) is 53.6 Å². The van der Waals surface area contributed by atoms with Gasteiger partial charge in [-0.2, -0.15) is 5.26 Å². The van der Waals surface area contributed by atoms with Gasteiger partial charge >= 0.3 is 6.36 Å². The van der Waals surface area contributed by atoms with E-state index in [0.717, 1.165) is 11.1 Å². The number of alkyl halides is 3. The van der Waals surface area contributed by atoms with Crippen LogP contribution in [-0.2, 0) is 0 Å². The summed E-state index contributed by atoms with van der Waals surface area (Å²) in [5.41, 5.74) is 2.64. The molecule has 102 valence electrons. The van der Waals surface area contributed by atoms with E-state index in [1.807, 2.05) is 6.07 Å². The summed E-state index contributed by atoms with van der Waals surface area (Å²) < 4.78 is 40.4. The third-order valence-electron chi connectivity index (χ3n) is 2.75. The standard InChI is InChI=1S/C15H10F3NO/c1-10-7-12(5-6-13(10)9-19)11-3-2-4-14(8-11)20-15(16,17)18/h2-8H,1H3. The van der Waals surface area contributed by atoms with Gasteiger partial charge in [0, 0.05) is 0 Å². The van der Waals surface area contributed by atoms with E-state index in [9.17, 15) is 13.2 Å². The highest BCUT2D eigenvalue weighted by Crippen LogP contribution is 2.28. The minimum Gasteiger partial charge on any atom is -0.406 e. The number of rotatable bonds is 2. The number of hydrogen-bond acceptors (Lipinski definition) is 2. The Morgan fingerprint density at radius 3 is 2.35 bits per heavy atom. The van der Waals surface area contributed by atoms with Gasteiger partial charge in [0.15, 0.2) is 0 Å². The van der Waals surface area contributed by atoms with Crippen LogP contribution in [-0.4, -0.2) is 6.36 Å². The third-order valence-corrected chi connectivity index (χ3v) is 2.75. The molecule has 2 aromatic carbocycles. The fourth-order valence-corrected chi connectivity index (χ4v) is 1.84. The Morgan fingerprint density at radius 1 is 1.05 bits per heavy atom. The molecule has 5 heteroatoms. The summed E-state index contributed by atoms with van der Waals surface area (Å²) in [7, 11) is 0. The van der Waals surface area contributed by atoms with Crippen LogP contribution < -0.4 is 4.74 Å². The molecule has 0 amide bonds. The predicted molar refractivity (Wildman–Crippen MR) is 68.0 cm³/mol. The Labute approximate surface area is 114 Å². The number of nitrogens with zero attached hydrogens (tertiary/aromatic N) is 1. The molecule has 0 aliphatic carbocycles. The van der Waals surface area contributed by atoms with Crippen LogP contribution in [0.1, 0.15) is 11.1 Å². The van der Waals surface area contributed by atoms with E-state index in [0.29, 0.717) is 11.1 Å². The highest BCUT2D eigenvalue weighted by Gasteiger charge is 2.31. The lowest BCUT2D eigenvalue weighted by Crippen LogP contribution is -2.17. The number of halogens is 3.